The molecule has 0 saturated heterocycles. The highest BCUT2D eigenvalue weighted by molar-refractivity contribution is 5.98. The molecule has 1 fully saturated rings. The molecule has 2 heterocycles. The summed E-state index contributed by atoms with van der Waals surface area (Å²) in [6.07, 6.45) is 7.42. The summed E-state index contributed by atoms with van der Waals surface area (Å²) in [4.78, 5) is 28.1. The van der Waals surface area contributed by atoms with Crippen molar-refractivity contribution in [2.75, 3.05) is 18.0 Å². The normalized spacial score (nSPS) is 15.1. The summed E-state index contributed by atoms with van der Waals surface area (Å²) < 4.78 is 0. The molecule has 1 aromatic carbocycles. The number of benzene rings is 1. The molecule has 0 N–H and O–H groups in total. The lowest BCUT2D eigenvalue weighted by Gasteiger charge is -2.23. The summed E-state index contributed by atoms with van der Waals surface area (Å²) in [5.74, 6) is 1.68. The van der Waals surface area contributed by atoms with Gasteiger partial charge in [0, 0.05) is 37.4 Å². The van der Waals surface area contributed by atoms with Gasteiger partial charge in [-0.15, -0.1) is 0 Å². The van der Waals surface area contributed by atoms with Gasteiger partial charge in [0.25, 0.3) is 0 Å². The second-order valence-electron chi connectivity index (χ2n) is 7.21. The van der Waals surface area contributed by atoms with E-state index < -0.39 is 0 Å². The number of hydrogen-bond donors (Lipinski definition) is 0. The molecule has 1 aromatic heterocycles. The van der Waals surface area contributed by atoms with Crippen LogP contribution in [0.4, 0.5) is 5.82 Å². The Labute approximate surface area is 154 Å². The Hall–Kier alpha value is -2.56. The molecule has 26 heavy (non-hydrogen) atoms. The van der Waals surface area contributed by atoms with Crippen LogP contribution in [0.15, 0.2) is 35.6 Å². The van der Waals surface area contributed by atoms with Crippen LogP contribution in [-0.4, -0.2) is 35.1 Å². The van der Waals surface area contributed by atoms with E-state index in [0.29, 0.717) is 18.7 Å². The van der Waals surface area contributed by atoms with E-state index in [2.05, 4.69) is 32.9 Å². The average Bonchev–Trinajstić information content (AvgIpc) is 3.34. The standard InChI is InChI=1S/C21H24N4O/c1-2-8-25(13-15-6-7-15)21-10-19(23-14-24-21)20(26)9-16-4-3-5-17-11-22-12-18(16)17/h3-5,10,12,14-15H,2,6-9,11,13H2,1H3. The zero-order valence-electron chi connectivity index (χ0n) is 15.2. The largest absolute Gasteiger partial charge is 0.356 e. The third-order valence-corrected chi connectivity index (χ3v) is 5.05. The molecule has 0 amide bonds. The predicted molar refractivity (Wildman–Crippen MR) is 103 cm³/mol. The molecular weight excluding hydrogens is 324 g/mol. The first kappa shape index (κ1) is 16.9. The highest BCUT2D eigenvalue weighted by atomic mass is 16.1. The van der Waals surface area contributed by atoms with Crippen molar-refractivity contribution < 1.29 is 4.79 Å². The number of nitrogens with zero attached hydrogens (tertiary/aromatic N) is 4. The van der Waals surface area contributed by atoms with Gasteiger partial charge >= 0.3 is 0 Å². The molecule has 2 aliphatic rings. The van der Waals surface area contributed by atoms with E-state index >= 15 is 0 Å². The fourth-order valence-corrected chi connectivity index (χ4v) is 3.48. The monoisotopic (exact) mass is 348 g/mol. The minimum absolute atomic E-state index is 0.0326. The Morgan fingerprint density at radius 1 is 1.27 bits per heavy atom. The van der Waals surface area contributed by atoms with E-state index in [1.165, 1.54) is 24.7 Å². The second kappa shape index (κ2) is 7.36. The van der Waals surface area contributed by atoms with E-state index in [1.807, 2.05) is 24.4 Å². The maximum Gasteiger partial charge on any atom is 0.185 e. The Bertz CT molecular complexity index is 842. The van der Waals surface area contributed by atoms with Crippen molar-refractivity contribution >= 4 is 17.8 Å². The fourth-order valence-electron chi connectivity index (χ4n) is 3.48. The van der Waals surface area contributed by atoms with Crippen molar-refractivity contribution in [3.63, 3.8) is 0 Å². The third kappa shape index (κ3) is 3.66. The van der Waals surface area contributed by atoms with Crippen LogP contribution >= 0.6 is 0 Å². The minimum Gasteiger partial charge on any atom is -0.356 e. The molecule has 5 heteroatoms. The van der Waals surface area contributed by atoms with E-state index in [0.717, 1.165) is 42.4 Å². The summed E-state index contributed by atoms with van der Waals surface area (Å²) in [5.41, 5.74) is 3.81. The number of anilines is 1. The Morgan fingerprint density at radius 3 is 2.96 bits per heavy atom. The van der Waals surface area contributed by atoms with Gasteiger partial charge in [-0.05, 0) is 36.3 Å². The molecule has 1 aliphatic heterocycles. The summed E-state index contributed by atoms with van der Waals surface area (Å²) in [6, 6.07) is 7.93. The second-order valence-corrected chi connectivity index (χ2v) is 7.21. The van der Waals surface area contributed by atoms with Crippen molar-refractivity contribution in [3.05, 3.63) is 53.0 Å². The van der Waals surface area contributed by atoms with Gasteiger partial charge in [0.15, 0.2) is 5.78 Å². The lowest BCUT2D eigenvalue weighted by Crippen LogP contribution is -2.27. The number of fused-ring (bicyclic) bond motifs is 1. The summed E-state index contributed by atoms with van der Waals surface area (Å²) >= 11 is 0. The van der Waals surface area contributed by atoms with Gasteiger partial charge in [-0.25, -0.2) is 9.97 Å². The number of rotatable bonds is 8. The van der Waals surface area contributed by atoms with Crippen LogP contribution in [0.25, 0.3) is 0 Å². The number of ketones is 1. The lowest BCUT2D eigenvalue weighted by molar-refractivity contribution is 0.0988. The summed E-state index contributed by atoms with van der Waals surface area (Å²) in [7, 11) is 0. The van der Waals surface area contributed by atoms with Crippen LogP contribution in [0, 0.1) is 5.92 Å². The van der Waals surface area contributed by atoms with Crippen molar-refractivity contribution in [1.82, 2.24) is 9.97 Å². The summed E-state index contributed by atoms with van der Waals surface area (Å²) in [6.45, 7) is 4.87. The zero-order chi connectivity index (χ0) is 17.9. The molecule has 0 spiro atoms. The maximum absolute atomic E-state index is 12.8. The van der Waals surface area contributed by atoms with Gasteiger partial charge < -0.3 is 4.90 Å². The van der Waals surface area contributed by atoms with Crippen LogP contribution < -0.4 is 4.90 Å². The number of aliphatic imine (C=N–C) groups is 1. The van der Waals surface area contributed by atoms with Gasteiger partial charge in [0.2, 0.25) is 0 Å². The van der Waals surface area contributed by atoms with Crippen LogP contribution in [0.2, 0.25) is 0 Å². The predicted octanol–water partition coefficient (Wildman–Crippen LogP) is 3.46. The first-order valence-corrected chi connectivity index (χ1v) is 9.45. The highest BCUT2D eigenvalue weighted by Crippen LogP contribution is 2.31. The molecule has 1 aliphatic carbocycles. The van der Waals surface area contributed by atoms with Crippen molar-refractivity contribution in [2.24, 2.45) is 10.9 Å². The van der Waals surface area contributed by atoms with Crippen LogP contribution in [0.3, 0.4) is 0 Å². The van der Waals surface area contributed by atoms with Gasteiger partial charge in [-0.2, -0.15) is 0 Å². The fraction of sp³-hybridized carbons (Fsp3) is 0.429. The molecular formula is C21H24N4O. The summed E-state index contributed by atoms with van der Waals surface area (Å²) in [5, 5.41) is 0. The maximum atomic E-state index is 12.8. The Morgan fingerprint density at radius 2 is 2.15 bits per heavy atom. The average molecular weight is 348 g/mol. The number of carbonyl (C=O) groups excluding carboxylic acids is 1. The van der Waals surface area contributed by atoms with Gasteiger partial charge in [-0.3, -0.25) is 9.79 Å². The third-order valence-electron chi connectivity index (χ3n) is 5.05. The van der Waals surface area contributed by atoms with Crippen molar-refractivity contribution in [2.45, 2.75) is 39.2 Å². The SMILES string of the molecule is CCCN(CC1CC1)c1cc(C(=O)Cc2cccc3c2C=NC3)ncn1. The topological polar surface area (TPSA) is 58.5 Å². The first-order chi connectivity index (χ1) is 12.7. The van der Waals surface area contributed by atoms with Crippen molar-refractivity contribution in [1.29, 1.82) is 0 Å². The van der Waals surface area contributed by atoms with Gasteiger partial charge in [-0.1, -0.05) is 25.1 Å². The molecule has 0 atom stereocenters. The van der Waals surface area contributed by atoms with Gasteiger partial charge in [0.1, 0.15) is 17.8 Å². The molecule has 2 aromatic rings. The number of Topliss-reactive ketones (excluding diaryl/α,β-unsaturated/α-hetero) is 1. The molecule has 5 nitrogen and oxygen atoms in total. The smallest absolute Gasteiger partial charge is 0.185 e. The first-order valence-electron chi connectivity index (χ1n) is 9.45. The number of aromatic nitrogens is 2. The van der Waals surface area contributed by atoms with Crippen molar-refractivity contribution in [3.8, 4) is 0 Å². The number of hydrogen-bond acceptors (Lipinski definition) is 5. The Balaban J connectivity index is 1.53. The number of carbonyl (C=O) groups is 1. The van der Waals surface area contributed by atoms with Gasteiger partial charge in [0.05, 0.1) is 6.54 Å². The van der Waals surface area contributed by atoms with E-state index in [9.17, 15) is 4.79 Å². The van der Waals surface area contributed by atoms with E-state index in [-0.39, 0.29) is 5.78 Å². The Kier molecular flexibility index (Phi) is 4.78. The van der Waals surface area contributed by atoms with E-state index in [4.69, 9.17) is 0 Å². The van der Waals surface area contributed by atoms with Crippen LogP contribution in [-0.2, 0) is 13.0 Å². The molecule has 4 rings (SSSR count). The van der Waals surface area contributed by atoms with Crippen LogP contribution in [0.5, 0.6) is 0 Å². The molecule has 1 saturated carbocycles. The lowest BCUT2D eigenvalue weighted by atomic mass is 9.98. The molecule has 134 valence electrons. The van der Waals surface area contributed by atoms with E-state index in [1.54, 1.807) is 0 Å². The quantitative estimate of drug-likeness (QED) is 0.686. The minimum atomic E-state index is 0.0326. The molecule has 0 bridgehead atoms. The zero-order valence-corrected chi connectivity index (χ0v) is 15.2. The van der Waals surface area contributed by atoms with Crippen LogP contribution in [0.1, 0.15) is 53.4 Å². The molecule has 0 unspecified atom stereocenters. The molecule has 0 radical (unpaired) electrons. The highest BCUT2D eigenvalue weighted by Gasteiger charge is 2.25.